The molecule has 7 heteroatoms. The Morgan fingerprint density at radius 3 is 2.70 bits per heavy atom. The quantitative estimate of drug-likeness (QED) is 0.740. The highest BCUT2D eigenvalue weighted by Gasteiger charge is 2.24. The number of nitrogens with one attached hydrogen (secondary N) is 1. The van der Waals surface area contributed by atoms with Gasteiger partial charge in [-0.15, -0.1) is 0 Å². The summed E-state index contributed by atoms with van der Waals surface area (Å²) in [7, 11) is 0. The maximum Gasteiger partial charge on any atom is 0.237 e. The first kappa shape index (κ1) is 20.7. The number of thioether (sulfide) groups is 1. The molecular weight excluding hydrogens is 396 g/mol. The Hall–Kier alpha value is -2.56. The fraction of sp³-hybridized carbons (Fsp3) is 0.435. The number of amides is 1. The van der Waals surface area contributed by atoms with Gasteiger partial charge in [0, 0.05) is 30.2 Å². The number of nitriles is 1. The second-order valence-corrected chi connectivity index (χ2v) is 9.03. The molecule has 0 saturated carbocycles. The Bertz CT molecular complexity index is 978. The van der Waals surface area contributed by atoms with Gasteiger partial charge in [-0.3, -0.25) is 4.79 Å². The van der Waals surface area contributed by atoms with E-state index in [1.165, 1.54) is 17.3 Å². The highest BCUT2D eigenvalue weighted by molar-refractivity contribution is 8.00. The Kier molecular flexibility index (Phi) is 6.26. The molecule has 0 spiro atoms. The van der Waals surface area contributed by atoms with Crippen LogP contribution in [-0.4, -0.2) is 42.4 Å². The molecule has 2 aromatic rings. The normalized spacial score (nSPS) is 16.6. The summed E-state index contributed by atoms with van der Waals surface area (Å²) in [6, 6.07) is 10.2. The third kappa shape index (κ3) is 4.30. The first-order valence-corrected chi connectivity index (χ1v) is 11.3. The number of aromatic nitrogens is 1. The number of hydrogen-bond donors (Lipinski definition) is 1. The van der Waals surface area contributed by atoms with Crippen molar-refractivity contribution >= 4 is 29.0 Å². The fourth-order valence-electron chi connectivity index (χ4n) is 4.00. The molecule has 0 bridgehead atoms. The first-order valence-electron chi connectivity index (χ1n) is 10.4. The van der Waals surface area contributed by atoms with E-state index in [9.17, 15) is 10.1 Å². The van der Waals surface area contributed by atoms with E-state index >= 15 is 0 Å². The molecule has 1 aliphatic carbocycles. The van der Waals surface area contributed by atoms with Gasteiger partial charge in [-0.1, -0.05) is 11.8 Å². The van der Waals surface area contributed by atoms with Crippen molar-refractivity contribution in [2.75, 3.05) is 36.5 Å². The van der Waals surface area contributed by atoms with Gasteiger partial charge in [0.05, 0.1) is 24.0 Å². The van der Waals surface area contributed by atoms with Crippen LogP contribution in [0, 0.1) is 18.3 Å². The van der Waals surface area contributed by atoms with Crippen LogP contribution >= 0.6 is 11.8 Å². The van der Waals surface area contributed by atoms with E-state index in [4.69, 9.17) is 9.72 Å². The van der Waals surface area contributed by atoms with Crippen LogP contribution in [0.25, 0.3) is 0 Å². The van der Waals surface area contributed by atoms with E-state index in [1.807, 2.05) is 38.1 Å². The number of carbonyl (C=O) groups excluding carboxylic acids is 1. The molecule has 0 radical (unpaired) electrons. The van der Waals surface area contributed by atoms with Crippen LogP contribution in [0.3, 0.4) is 0 Å². The zero-order chi connectivity index (χ0) is 21.1. The predicted molar refractivity (Wildman–Crippen MR) is 119 cm³/mol. The lowest BCUT2D eigenvalue weighted by Crippen LogP contribution is -2.36. The summed E-state index contributed by atoms with van der Waals surface area (Å²) in [6.07, 6.45) is 3.02. The molecule has 6 nitrogen and oxygen atoms in total. The molecule has 1 unspecified atom stereocenters. The molecule has 1 aromatic carbocycles. The molecular formula is C23H26N4O2S. The highest BCUT2D eigenvalue weighted by Crippen LogP contribution is 2.33. The van der Waals surface area contributed by atoms with Gasteiger partial charge in [0.25, 0.3) is 0 Å². The van der Waals surface area contributed by atoms with Crippen LogP contribution in [0.2, 0.25) is 0 Å². The van der Waals surface area contributed by atoms with Crippen molar-refractivity contribution in [2.45, 2.75) is 43.4 Å². The third-order valence-corrected chi connectivity index (χ3v) is 6.83. The number of fused-ring (bicyclic) bond motifs is 1. The van der Waals surface area contributed by atoms with Crippen molar-refractivity contribution in [3.63, 3.8) is 0 Å². The van der Waals surface area contributed by atoms with Gasteiger partial charge in [-0.25, -0.2) is 4.98 Å². The van der Waals surface area contributed by atoms with E-state index < -0.39 is 0 Å². The van der Waals surface area contributed by atoms with E-state index in [0.717, 1.165) is 68.2 Å². The molecule has 1 aromatic heterocycles. The third-order valence-electron chi connectivity index (χ3n) is 5.75. The first-order chi connectivity index (χ1) is 14.6. The maximum absolute atomic E-state index is 12.8. The van der Waals surface area contributed by atoms with Crippen LogP contribution in [0.4, 0.5) is 11.4 Å². The van der Waals surface area contributed by atoms with Crippen LogP contribution in [0.15, 0.2) is 29.3 Å². The number of pyridine rings is 1. The minimum Gasteiger partial charge on any atom is -0.378 e. The van der Waals surface area contributed by atoms with Crippen LogP contribution in [0.1, 0.15) is 35.7 Å². The SMILES string of the molecule is Cc1c(C#N)c(SC(C)C(=O)Nc2ccc(N3CCOCC3)cc2)nc2c1CCC2. The molecule has 4 rings (SSSR count). The molecule has 1 saturated heterocycles. The number of rotatable bonds is 5. The molecule has 1 amide bonds. The van der Waals surface area contributed by atoms with Gasteiger partial charge < -0.3 is 15.0 Å². The maximum atomic E-state index is 12.8. The highest BCUT2D eigenvalue weighted by atomic mass is 32.2. The molecule has 1 aliphatic heterocycles. The molecule has 30 heavy (non-hydrogen) atoms. The number of morpholine rings is 1. The Balaban J connectivity index is 1.42. The van der Waals surface area contributed by atoms with Gasteiger partial charge in [0.1, 0.15) is 11.1 Å². The summed E-state index contributed by atoms with van der Waals surface area (Å²) in [5, 5.41) is 12.9. The van der Waals surface area contributed by atoms with E-state index in [2.05, 4.69) is 16.3 Å². The summed E-state index contributed by atoms with van der Waals surface area (Å²) in [4.78, 5) is 19.8. The van der Waals surface area contributed by atoms with Crippen LogP contribution in [0.5, 0.6) is 0 Å². The lowest BCUT2D eigenvalue weighted by molar-refractivity contribution is -0.115. The van der Waals surface area contributed by atoms with Crippen molar-refractivity contribution in [2.24, 2.45) is 0 Å². The van der Waals surface area contributed by atoms with Crippen molar-refractivity contribution in [1.29, 1.82) is 5.26 Å². The van der Waals surface area contributed by atoms with Crippen LogP contribution in [-0.2, 0) is 22.4 Å². The largest absolute Gasteiger partial charge is 0.378 e. The van der Waals surface area contributed by atoms with Crippen molar-refractivity contribution in [1.82, 2.24) is 4.98 Å². The average Bonchev–Trinajstić information content (AvgIpc) is 3.24. The zero-order valence-corrected chi connectivity index (χ0v) is 18.2. The van der Waals surface area contributed by atoms with Gasteiger partial charge in [-0.2, -0.15) is 5.26 Å². The summed E-state index contributed by atoms with van der Waals surface area (Å²) >= 11 is 1.36. The van der Waals surface area contributed by atoms with Crippen molar-refractivity contribution in [3.8, 4) is 6.07 Å². The molecule has 2 heterocycles. The van der Waals surface area contributed by atoms with Gasteiger partial charge in [0.15, 0.2) is 0 Å². The van der Waals surface area contributed by atoms with Crippen LogP contribution < -0.4 is 10.2 Å². The minimum atomic E-state index is -0.359. The summed E-state index contributed by atoms with van der Waals surface area (Å²) in [5.74, 6) is -0.0945. The minimum absolute atomic E-state index is 0.0945. The number of carbonyl (C=O) groups is 1. The van der Waals surface area contributed by atoms with Gasteiger partial charge in [-0.05, 0) is 68.5 Å². The predicted octanol–water partition coefficient (Wildman–Crippen LogP) is 3.71. The number of nitrogens with zero attached hydrogens (tertiary/aromatic N) is 3. The fourth-order valence-corrected chi connectivity index (χ4v) is 4.98. The molecule has 2 aliphatic rings. The molecule has 1 fully saturated rings. The Morgan fingerprint density at radius 1 is 1.27 bits per heavy atom. The van der Waals surface area contributed by atoms with Crippen molar-refractivity contribution in [3.05, 3.63) is 46.6 Å². The lowest BCUT2D eigenvalue weighted by Gasteiger charge is -2.28. The number of benzene rings is 1. The summed E-state index contributed by atoms with van der Waals surface area (Å²) < 4.78 is 5.39. The molecule has 1 N–H and O–H groups in total. The topological polar surface area (TPSA) is 78.2 Å². The smallest absolute Gasteiger partial charge is 0.237 e. The lowest BCUT2D eigenvalue weighted by atomic mass is 10.0. The number of ether oxygens (including phenoxy) is 1. The number of aryl methyl sites for hydroxylation is 1. The standard InChI is InChI=1S/C23H26N4O2S/c1-15-19-4-3-5-21(19)26-23(20(15)14-24)30-16(2)22(28)25-17-6-8-18(9-7-17)27-10-12-29-13-11-27/h6-9,16H,3-5,10-13H2,1-2H3,(H,25,28). The second kappa shape index (κ2) is 9.07. The summed E-state index contributed by atoms with van der Waals surface area (Å²) in [6.45, 7) is 7.10. The van der Waals surface area contributed by atoms with E-state index in [0.29, 0.717) is 10.6 Å². The molecule has 1 atom stereocenters. The monoisotopic (exact) mass is 422 g/mol. The van der Waals surface area contributed by atoms with E-state index in [1.54, 1.807) is 0 Å². The van der Waals surface area contributed by atoms with Crippen molar-refractivity contribution < 1.29 is 9.53 Å². The second-order valence-electron chi connectivity index (χ2n) is 7.70. The summed E-state index contributed by atoms with van der Waals surface area (Å²) in [5.41, 5.74) is 5.83. The molecule has 156 valence electrons. The number of hydrogen-bond acceptors (Lipinski definition) is 6. The van der Waals surface area contributed by atoms with E-state index in [-0.39, 0.29) is 11.2 Å². The Labute approximate surface area is 181 Å². The zero-order valence-electron chi connectivity index (χ0n) is 17.4. The number of anilines is 2. The van der Waals surface area contributed by atoms with Gasteiger partial charge in [0.2, 0.25) is 5.91 Å². The van der Waals surface area contributed by atoms with Gasteiger partial charge >= 0.3 is 0 Å². The average molecular weight is 423 g/mol. The Morgan fingerprint density at radius 2 is 2.00 bits per heavy atom.